The van der Waals surface area contributed by atoms with Gasteiger partial charge in [0.2, 0.25) is 0 Å². The Balaban J connectivity index is 2.63. The lowest BCUT2D eigenvalue weighted by Crippen LogP contribution is -2.31. The van der Waals surface area contributed by atoms with Gasteiger partial charge in [0.15, 0.2) is 0 Å². The molecule has 1 aliphatic rings. The number of aliphatic hydroxyl groups excluding tert-OH is 1. The minimum atomic E-state index is -3.85. The molecule has 0 aromatic rings. The van der Waals surface area contributed by atoms with Crippen LogP contribution in [0, 0.1) is 17.3 Å². The molecule has 0 saturated heterocycles. The van der Waals surface area contributed by atoms with Gasteiger partial charge in [-0.05, 0) is 49.4 Å². The molecule has 19 heavy (non-hydrogen) atoms. The molecule has 0 aromatic carbocycles. The normalized spacial score (nSPS) is 30.2. The lowest BCUT2D eigenvalue weighted by atomic mass is 9.64. The SMILES string of the molecule is CC(CO)CC1(CCCS(=O)(=O)O)CCCC(C)C1. The monoisotopic (exact) mass is 292 g/mol. The molecule has 0 radical (unpaired) electrons. The van der Waals surface area contributed by atoms with Gasteiger partial charge >= 0.3 is 0 Å². The van der Waals surface area contributed by atoms with E-state index in [1.54, 1.807) is 0 Å². The Morgan fingerprint density at radius 1 is 1.42 bits per heavy atom. The maximum absolute atomic E-state index is 10.8. The molecule has 0 amide bonds. The zero-order chi connectivity index (χ0) is 14.5. The summed E-state index contributed by atoms with van der Waals surface area (Å²) in [5.41, 5.74) is 0.157. The first-order valence-corrected chi connectivity index (χ1v) is 8.93. The van der Waals surface area contributed by atoms with Crippen LogP contribution in [0.4, 0.5) is 0 Å². The Bertz CT molecular complexity index is 366. The summed E-state index contributed by atoms with van der Waals surface area (Å²) in [4.78, 5) is 0. The molecule has 1 aliphatic carbocycles. The predicted molar refractivity (Wildman–Crippen MR) is 76.6 cm³/mol. The molecular formula is C14H28O4S. The van der Waals surface area contributed by atoms with E-state index in [4.69, 9.17) is 4.55 Å². The maximum Gasteiger partial charge on any atom is 0.264 e. The first-order chi connectivity index (χ1) is 8.76. The number of aliphatic hydroxyl groups is 1. The first kappa shape index (κ1) is 16.9. The third kappa shape index (κ3) is 6.23. The van der Waals surface area contributed by atoms with Gasteiger partial charge in [0.25, 0.3) is 10.1 Å². The van der Waals surface area contributed by atoms with Crippen molar-refractivity contribution in [2.24, 2.45) is 17.3 Å². The van der Waals surface area contributed by atoms with Crippen LogP contribution in [0.3, 0.4) is 0 Å². The van der Waals surface area contributed by atoms with Gasteiger partial charge in [-0.2, -0.15) is 8.42 Å². The third-order valence-electron chi connectivity index (χ3n) is 4.39. The molecule has 0 spiro atoms. The van der Waals surface area contributed by atoms with Crippen LogP contribution >= 0.6 is 0 Å². The van der Waals surface area contributed by atoms with Crippen LogP contribution in [-0.2, 0) is 10.1 Å². The summed E-state index contributed by atoms with van der Waals surface area (Å²) in [6.07, 6.45) is 6.97. The zero-order valence-corrected chi connectivity index (χ0v) is 13.0. The van der Waals surface area contributed by atoms with E-state index in [1.165, 1.54) is 12.8 Å². The smallest absolute Gasteiger partial charge is 0.264 e. The molecule has 1 rings (SSSR count). The van der Waals surface area contributed by atoms with E-state index in [0.717, 1.165) is 25.7 Å². The summed E-state index contributed by atoms with van der Waals surface area (Å²) in [5, 5.41) is 9.26. The Morgan fingerprint density at radius 3 is 2.63 bits per heavy atom. The third-order valence-corrected chi connectivity index (χ3v) is 5.19. The lowest BCUT2D eigenvalue weighted by molar-refractivity contribution is 0.0818. The summed E-state index contributed by atoms with van der Waals surface area (Å²) in [7, 11) is -3.85. The van der Waals surface area contributed by atoms with Crippen LogP contribution in [-0.4, -0.2) is 30.4 Å². The van der Waals surface area contributed by atoms with Crippen molar-refractivity contribution in [3.05, 3.63) is 0 Å². The second kappa shape index (κ2) is 7.04. The van der Waals surface area contributed by atoms with Crippen LogP contribution in [0.2, 0.25) is 0 Å². The average Bonchev–Trinajstić information content (AvgIpc) is 2.26. The fourth-order valence-corrected chi connectivity index (χ4v) is 4.23. The van der Waals surface area contributed by atoms with E-state index in [1.807, 2.05) is 6.92 Å². The second-order valence-corrected chi connectivity index (χ2v) is 8.16. The molecular weight excluding hydrogens is 264 g/mol. The highest BCUT2D eigenvalue weighted by Gasteiger charge is 2.35. The van der Waals surface area contributed by atoms with Gasteiger partial charge in [0, 0.05) is 6.61 Å². The molecule has 3 atom stereocenters. The molecule has 0 aliphatic heterocycles. The van der Waals surface area contributed by atoms with E-state index in [2.05, 4.69) is 6.92 Å². The topological polar surface area (TPSA) is 74.6 Å². The van der Waals surface area contributed by atoms with Crippen LogP contribution in [0.15, 0.2) is 0 Å². The molecule has 3 unspecified atom stereocenters. The second-order valence-electron chi connectivity index (χ2n) is 6.58. The molecule has 4 nitrogen and oxygen atoms in total. The molecule has 2 N–H and O–H groups in total. The Kier molecular flexibility index (Phi) is 6.27. The van der Waals surface area contributed by atoms with E-state index in [9.17, 15) is 13.5 Å². The van der Waals surface area contributed by atoms with Gasteiger partial charge < -0.3 is 5.11 Å². The maximum atomic E-state index is 10.8. The van der Waals surface area contributed by atoms with Crippen molar-refractivity contribution >= 4 is 10.1 Å². The van der Waals surface area contributed by atoms with Crippen molar-refractivity contribution < 1.29 is 18.1 Å². The largest absolute Gasteiger partial charge is 0.396 e. The fourth-order valence-electron chi connectivity index (χ4n) is 3.72. The minimum Gasteiger partial charge on any atom is -0.396 e. The van der Waals surface area contributed by atoms with Gasteiger partial charge in [0.1, 0.15) is 0 Å². The number of hydrogen-bond acceptors (Lipinski definition) is 3. The molecule has 1 fully saturated rings. The Hall–Kier alpha value is -0.130. The van der Waals surface area contributed by atoms with Crippen molar-refractivity contribution in [2.45, 2.75) is 58.8 Å². The summed E-state index contributed by atoms with van der Waals surface area (Å²) >= 11 is 0. The van der Waals surface area contributed by atoms with E-state index in [-0.39, 0.29) is 23.7 Å². The van der Waals surface area contributed by atoms with Crippen LogP contribution < -0.4 is 0 Å². The highest BCUT2D eigenvalue weighted by atomic mass is 32.2. The van der Waals surface area contributed by atoms with Gasteiger partial charge in [-0.15, -0.1) is 0 Å². The van der Waals surface area contributed by atoms with Crippen LogP contribution in [0.25, 0.3) is 0 Å². The fraction of sp³-hybridized carbons (Fsp3) is 1.00. The molecule has 1 saturated carbocycles. The molecule has 5 heteroatoms. The van der Waals surface area contributed by atoms with Crippen molar-refractivity contribution in [3.8, 4) is 0 Å². The molecule has 0 bridgehead atoms. The molecule has 0 heterocycles. The first-order valence-electron chi connectivity index (χ1n) is 7.32. The van der Waals surface area contributed by atoms with E-state index < -0.39 is 10.1 Å². The van der Waals surface area contributed by atoms with E-state index >= 15 is 0 Å². The number of hydrogen-bond donors (Lipinski definition) is 2. The Morgan fingerprint density at radius 2 is 2.11 bits per heavy atom. The lowest BCUT2D eigenvalue weighted by Gasteiger charge is -2.42. The van der Waals surface area contributed by atoms with Crippen molar-refractivity contribution in [1.82, 2.24) is 0 Å². The van der Waals surface area contributed by atoms with Gasteiger partial charge in [-0.1, -0.05) is 26.7 Å². The van der Waals surface area contributed by atoms with Crippen LogP contribution in [0.5, 0.6) is 0 Å². The average molecular weight is 292 g/mol. The highest BCUT2D eigenvalue weighted by molar-refractivity contribution is 7.85. The Labute approximate surface area is 117 Å². The minimum absolute atomic E-state index is 0.142. The molecule has 0 aromatic heterocycles. The summed E-state index contributed by atoms with van der Waals surface area (Å²) in [5.74, 6) is 0.790. The van der Waals surface area contributed by atoms with Gasteiger partial charge in [-0.25, -0.2) is 0 Å². The summed E-state index contributed by atoms with van der Waals surface area (Å²) in [6, 6.07) is 0. The number of rotatable bonds is 7. The van der Waals surface area contributed by atoms with Crippen LogP contribution in [0.1, 0.15) is 58.8 Å². The quantitative estimate of drug-likeness (QED) is 0.708. The van der Waals surface area contributed by atoms with Crippen molar-refractivity contribution in [1.29, 1.82) is 0 Å². The van der Waals surface area contributed by atoms with Gasteiger partial charge in [-0.3, -0.25) is 4.55 Å². The zero-order valence-electron chi connectivity index (χ0n) is 12.1. The van der Waals surface area contributed by atoms with E-state index in [0.29, 0.717) is 12.3 Å². The summed E-state index contributed by atoms with van der Waals surface area (Å²) in [6.45, 7) is 4.48. The standard InChI is InChI=1S/C14H28O4S/c1-12-5-3-6-14(9-12,10-13(2)11-15)7-4-8-19(16,17)18/h12-13,15H,3-11H2,1-2H3,(H,16,17,18). The highest BCUT2D eigenvalue weighted by Crippen LogP contribution is 2.47. The van der Waals surface area contributed by atoms with Crippen molar-refractivity contribution in [2.75, 3.05) is 12.4 Å². The summed E-state index contributed by atoms with van der Waals surface area (Å²) < 4.78 is 30.5. The van der Waals surface area contributed by atoms with Crippen molar-refractivity contribution in [3.63, 3.8) is 0 Å². The predicted octanol–water partition coefficient (Wildman–Crippen LogP) is 2.87. The molecule has 114 valence electrons. The van der Waals surface area contributed by atoms with Gasteiger partial charge in [0.05, 0.1) is 5.75 Å².